The zero-order valence-electron chi connectivity index (χ0n) is 14.7. The van der Waals surface area contributed by atoms with E-state index in [1.165, 1.54) is 0 Å². The molecule has 2 amide bonds. The predicted molar refractivity (Wildman–Crippen MR) is 92.0 cm³/mol. The van der Waals surface area contributed by atoms with E-state index in [0.29, 0.717) is 32.5 Å². The number of ether oxygens (including phenoxy) is 1. The Morgan fingerprint density at radius 2 is 1.79 bits per heavy atom. The molecule has 0 aliphatic carbocycles. The third-order valence-electron chi connectivity index (χ3n) is 3.86. The molecule has 1 saturated heterocycles. The fraction of sp³-hybridized carbons (Fsp3) is 0.556. The normalized spacial score (nSPS) is 15.9. The first-order valence-corrected chi connectivity index (χ1v) is 8.40. The first-order valence-electron chi connectivity index (χ1n) is 8.40. The maximum Gasteiger partial charge on any atom is 0.410 e. The van der Waals surface area contributed by atoms with E-state index in [2.05, 4.69) is 10.9 Å². The number of nitrogens with one attached hydrogen (secondary N) is 2. The van der Waals surface area contributed by atoms with Crippen molar-refractivity contribution >= 4 is 12.0 Å². The number of benzene rings is 1. The largest absolute Gasteiger partial charge is 0.444 e. The minimum atomic E-state index is -0.493. The lowest BCUT2D eigenvalue weighted by molar-refractivity contribution is -0.127. The van der Waals surface area contributed by atoms with Crippen molar-refractivity contribution in [1.29, 1.82) is 0 Å². The molecular weight excluding hydrogens is 306 g/mol. The molecule has 24 heavy (non-hydrogen) atoms. The summed E-state index contributed by atoms with van der Waals surface area (Å²) in [7, 11) is 0. The molecule has 0 spiro atoms. The fourth-order valence-electron chi connectivity index (χ4n) is 2.58. The molecule has 0 bridgehead atoms. The first-order chi connectivity index (χ1) is 11.3. The van der Waals surface area contributed by atoms with Crippen LogP contribution in [0.1, 0.15) is 39.2 Å². The first kappa shape index (κ1) is 18.3. The SMILES string of the molecule is CC(C)(C)OC(=O)N1CCC(C(=O)NNCc2ccccc2)CC1. The van der Waals surface area contributed by atoms with Gasteiger partial charge in [-0.1, -0.05) is 30.3 Å². The standard InChI is InChI=1S/C18H27N3O3/c1-18(2,3)24-17(23)21-11-9-15(10-12-21)16(22)20-19-13-14-7-5-4-6-8-14/h4-8,15,19H,9-13H2,1-3H3,(H,20,22). The van der Waals surface area contributed by atoms with Crippen molar-refractivity contribution < 1.29 is 14.3 Å². The quantitative estimate of drug-likeness (QED) is 0.831. The third-order valence-corrected chi connectivity index (χ3v) is 3.86. The molecule has 0 radical (unpaired) electrons. The van der Waals surface area contributed by atoms with E-state index in [-0.39, 0.29) is 17.9 Å². The Labute approximate surface area is 143 Å². The van der Waals surface area contributed by atoms with Gasteiger partial charge < -0.3 is 9.64 Å². The summed E-state index contributed by atoms with van der Waals surface area (Å²) < 4.78 is 5.36. The minimum Gasteiger partial charge on any atom is -0.444 e. The lowest BCUT2D eigenvalue weighted by Crippen LogP contribution is -2.47. The number of carbonyl (C=O) groups is 2. The molecule has 0 unspecified atom stereocenters. The number of piperidine rings is 1. The van der Waals surface area contributed by atoms with Crippen molar-refractivity contribution in [3.8, 4) is 0 Å². The number of carbonyl (C=O) groups excluding carboxylic acids is 2. The van der Waals surface area contributed by atoms with E-state index in [4.69, 9.17) is 4.74 Å². The molecule has 0 atom stereocenters. The summed E-state index contributed by atoms with van der Waals surface area (Å²) >= 11 is 0. The van der Waals surface area contributed by atoms with Gasteiger partial charge in [0, 0.05) is 25.6 Å². The van der Waals surface area contributed by atoms with Crippen molar-refractivity contribution in [2.45, 2.75) is 45.8 Å². The van der Waals surface area contributed by atoms with Crippen molar-refractivity contribution in [2.75, 3.05) is 13.1 Å². The van der Waals surface area contributed by atoms with E-state index in [0.717, 1.165) is 5.56 Å². The summed E-state index contributed by atoms with van der Waals surface area (Å²) in [4.78, 5) is 25.9. The van der Waals surface area contributed by atoms with Gasteiger partial charge in [0.2, 0.25) is 5.91 Å². The summed E-state index contributed by atoms with van der Waals surface area (Å²) in [5, 5.41) is 0. The molecule has 1 heterocycles. The number of nitrogens with zero attached hydrogens (tertiary/aromatic N) is 1. The Kier molecular flexibility index (Phi) is 6.20. The van der Waals surface area contributed by atoms with Crippen LogP contribution >= 0.6 is 0 Å². The molecule has 2 N–H and O–H groups in total. The van der Waals surface area contributed by atoms with E-state index in [1.807, 2.05) is 51.1 Å². The number of hydrogen-bond donors (Lipinski definition) is 2. The van der Waals surface area contributed by atoms with Crippen molar-refractivity contribution in [3.63, 3.8) is 0 Å². The number of amides is 2. The molecule has 2 rings (SSSR count). The monoisotopic (exact) mass is 333 g/mol. The third kappa shape index (κ3) is 5.85. The maximum absolute atomic E-state index is 12.2. The predicted octanol–water partition coefficient (Wildman–Crippen LogP) is 2.45. The molecule has 1 aromatic carbocycles. The molecule has 1 aromatic rings. The van der Waals surface area contributed by atoms with Gasteiger partial charge in [-0.15, -0.1) is 0 Å². The summed E-state index contributed by atoms with van der Waals surface area (Å²) in [6.45, 7) is 7.23. The van der Waals surface area contributed by atoms with Gasteiger partial charge in [-0.2, -0.15) is 0 Å². The Bertz CT molecular complexity index is 546. The second kappa shape index (κ2) is 8.15. The molecule has 1 fully saturated rings. The lowest BCUT2D eigenvalue weighted by atomic mass is 9.96. The Balaban J connectivity index is 1.70. The van der Waals surface area contributed by atoms with Crippen LogP contribution < -0.4 is 10.9 Å². The number of hydrazine groups is 1. The Morgan fingerprint density at radius 1 is 1.17 bits per heavy atom. The topological polar surface area (TPSA) is 70.7 Å². The second-order valence-corrected chi connectivity index (χ2v) is 7.07. The fourth-order valence-corrected chi connectivity index (χ4v) is 2.58. The lowest BCUT2D eigenvalue weighted by Gasteiger charge is -2.32. The zero-order chi connectivity index (χ0) is 17.6. The number of rotatable bonds is 4. The van der Waals surface area contributed by atoms with Crippen LogP contribution in [-0.4, -0.2) is 35.6 Å². The average molecular weight is 333 g/mol. The highest BCUT2D eigenvalue weighted by molar-refractivity contribution is 5.78. The van der Waals surface area contributed by atoms with Gasteiger partial charge in [-0.25, -0.2) is 10.2 Å². The van der Waals surface area contributed by atoms with Crippen LogP contribution in [0.15, 0.2) is 30.3 Å². The zero-order valence-corrected chi connectivity index (χ0v) is 14.7. The molecule has 1 aliphatic rings. The molecule has 1 aliphatic heterocycles. The van der Waals surface area contributed by atoms with Gasteiger partial charge >= 0.3 is 6.09 Å². The van der Waals surface area contributed by atoms with Gasteiger partial charge in [-0.05, 0) is 39.2 Å². The van der Waals surface area contributed by atoms with Gasteiger partial charge in [0.1, 0.15) is 5.60 Å². The van der Waals surface area contributed by atoms with Gasteiger partial charge in [0.15, 0.2) is 0 Å². The average Bonchev–Trinajstić information content (AvgIpc) is 2.54. The van der Waals surface area contributed by atoms with Crippen LogP contribution in [-0.2, 0) is 16.1 Å². The molecule has 132 valence electrons. The van der Waals surface area contributed by atoms with Gasteiger partial charge in [0.25, 0.3) is 0 Å². The highest BCUT2D eigenvalue weighted by Crippen LogP contribution is 2.19. The second-order valence-electron chi connectivity index (χ2n) is 7.07. The van der Waals surface area contributed by atoms with Crippen molar-refractivity contribution in [1.82, 2.24) is 15.8 Å². The van der Waals surface area contributed by atoms with E-state index >= 15 is 0 Å². The number of likely N-dealkylation sites (tertiary alicyclic amines) is 1. The van der Waals surface area contributed by atoms with Crippen LogP contribution in [0.2, 0.25) is 0 Å². The van der Waals surface area contributed by atoms with Crippen molar-refractivity contribution in [2.24, 2.45) is 5.92 Å². The molecule has 6 nitrogen and oxygen atoms in total. The number of hydrogen-bond acceptors (Lipinski definition) is 4. The molecule has 0 saturated carbocycles. The highest BCUT2D eigenvalue weighted by atomic mass is 16.6. The molecular formula is C18H27N3O3. The molecule has 6 heteroatoms. The minimum absolute atomic E-state index is 0.0187. The van der Waals surface area contributed by atoms with E-state index in [1.54, 1.807) is 4.90 Å². The summed E-state index contributed by atoms with van der Waals surface area (Å²) in [5.41, 5.74) is 6.33. The van der Waals surface area contributed by atoms with Gasteiger partial charge in [0.05, 0.1) is 0 Å². The summed E-state index contributed by atoms with van der Waals surface area (Å²) in [6.07, 6.45) is 1.000. The van der Waals surface area contributed by atoms with Crippen LogP contribution in [0, 0.1) is 5.92 Å². The Morgan fingerprint density at radius 3 is 2.38 bits per heavy atom. The van der Waals surface area contributed by atoms with Crippen LogP contribution in [0.5, 0.6) is 0 Å². The Hall–Kier alpha value is -2.08. The summed E-state index contributed by atoms with van der Waals surface area (Å²) in [5.74, 6) is -0.0956. The van der Waals surface area contributed by atoms with Crippen LogP contribution in [0.3, 0.4) is 0 Å². The highest BCUT2D eigenvalue weighted by Gasteiger charge is 2.29. The van der Waals surface area contributed by atoms with E-state index < -0.39 is 5.60 Å². The van der Waals surface area contributed by atoms with E-state index in [9.17, 15) is 9.59 Å². The van der Waals surface area contributed by atoms with Crippen molar-refractivity contribution in [3.05, 3.63) is 35.9 Å². The smallest absolute Gasteiger partial charge is 0.410 e. The van der Waals surface area contributed by atoms with Crippen LogP contribution in [0.25, 0.3) is 0 Å². The summed E-state index contributed by atoms with van der Waals surface area (Å²) in [6, 6.07) is 9.88. The molecule has 0 aromatic heterocycles. The maximum atomic E-state index is 12.2. The van der Waals surface area contributed by atoms with Gasteiger partial charge in [-0.3, -0.25) is 10.2 Å². The van der Waals surface area contributed by atoms with Crippen LogP contribution in [0.4, 0.5) is 4.79 Å².